The van der Waals surface area contributed by atoms with E-state index in [1.54, 1.807) is 19.8 Å². The third-order valence-corrected chi connectivity index (χ3v) is 18.4. The number of aliphatic hydroxyl groups excluding tert-OH is 1. The molecule has 4 aliphatic carbocycles. The zero-order chi connectivity index (χ0) is 51.1. The lowest BCUT2D eigenvalue weighted by Gasteiger charge is -2.58. The molecule has 0 spiro atoms. The van der Waals surface area contributed by atoms with Gasteiger partial charge in [0.25, 0.3) is 0 Å². The molecule has 0 aliphatic heterocycles. The first kappa shape index (κ1) is 55.4. The minimum atomic E-state index is -0.914. The number of carbonyl (C=O) groups is 2. The molecule has 9 atom stereocenters. The minimum Gasteiger partial charge on any atom is -0.497 e. The SMILES string of the molecule is COc1ccc(C(OCCC(O)CCCCCNC(=O)CCCCCNC(=O)O[C@H]2CC[C@@]3(C)C(=CC[C@H]4[C@@H]5CC[C@H]([C@H](C)CCCC(C)C)[C@@]5(C)CC[C@@H]43)C2)(c2ccccc2)c2ccc(OC)cc2)cc1. The van der Waals surface area contributed by atoms with Gasteiger partial charge in [-0.2, -0.15) is 0 Å². The predicted molar refractivity (Wildman–Crippen MR) is 290 cm³/mol. The van der Waals surface area contributed by atoms with Crippen molar-refractivity contribution in [2.75, 3.05) is 33.9 Å². The van der Waals surface area contributed by atoms with Crippen LogP contribution >= 0.6 is 0 Å². The highest BCUT2D eigenvalue weighted by molar-refractivity contribution is 5.75. The number of unbranched alkanes of at least 4 members (excludes halogenated alkanes) is 4. The van der Waals surface area contributed by atoms with Crippen LogP contribution in [0.15, 0.2) is 90.5 Å². The Morgan fingerprint density at radius 2 is 1.35 bits per heavy atom. The average Bonchev–Trinajstić information content (AvgIpc) is 3.75. The Kier molecular flexibility index (Phi) is 20.2. The van der Waals surface area contributed by atoms with Crippen LogP contribution < -0.4 is 20.1 Å². The van der Waals surface area contributed by atoms with Crippen molar-refractivity contribution in [3.8, 4) is 11.5 Å². The van der Waals surface area contributed by atoms with Crippen LogP contribution in [0.25, 0.3) is 0 Å². The summed E-state index contributed by atoms with van der Waals surface area (Å²) < 4.78 is 23.9. The van der Waals surface area contributed by atoms with Crippen molar-refractivity contribution in [1.82, 2.24) is 10.6 Å². The number of nitrogens with one attached hydrogen (secondary N) is 2. The van der Waals surface area contributed by atoms with Gasteiger partial charge in [-0.3, -0.25) is 4.79 Å². The number of rotatable bonds is 27. The van der Waals surface area contributed by atoms with Crippen LogP contribution in [0.1, 0.15) is 180 Å². The third kappa shape index (κ3) is 13.5. The summed E-state index contributed by atoms with van der Waals surface area (Å²) in [6.45, 7) is 14.1. The molecule has 0 radical (unpaired) electrons. The molecule has 3 aromatic carbocycles. The van der Waals surface area contributed by atoms with Gasteiger partial charge in [-0.25, -0.2) is 4.79 Å². The van der Waals surface area contributed by atoms with Gasteiger partial charge in [-0.15, -0.1) is 0 Å². The lowest BCUT2D eigenvalue weighted by atomic mass is 9.47. The number of allylic oxidation sites excluding steroid dienone is 1. The molecule has 0 aromatic heterocycles. The number of fused-ring (bicyclic) bond motifs is 5. The Labute approximate surface area is 434 Å². The predicted octanol–water partition coefficient (Wildman–Crippen LogP) is 14.1. The second kappa shape index (κ2) is 26.2. The summed E-state index contributed by atoms with van der Waals surface area (Å²) in [5, 5.41) is 17.1. The maximum Gasteiger partial charge on any atom is 0.407 e. The zero-order valence-electron chi connectivity index (χ0n) is 45.4. The number of benzene rings is 3. The smallest absolute Gasteiger partial charge is 0.407 e. The van der Waals surface area contributed by atoms with Crippen molar-refractivity contribution in [3.05, 3.63) is 107 Å². The van der Waals surface area contributed by atoms with E-state index in [1.807, 2.05) is 66.7 Å². The average molecular weight is 989 g/mol. The number of aliphatic hydroxyl groups is 1. The molecule has 1 unspecified atom stereocenters. The molecule has 3 saturated carbocycles. The molecule has 0 saturated heterocycles. The highest BCUT2D eigenvalue weighted by Gasteiger charge is 2.59. The molecule has 9 nitrogen and oxygen atoms in total. The van der Waals surface area contributed by atoms with Crippen LogP contribution in [-0.2, 0) is 19.9 Å². The highest BCUT2D eigenvalue weighted by Crippen LogP contribution is 2.67. The fourth-order valence-corrected chi connectivity index (χ4v) is 14.3. The summed E-state index contributed by atoms with van der Waals surface area (Å²) >= 11 is 0. The van der Waals surface area contributed by atoms with Gasteiger partial charge >= 0.3 is 6.09 Å². The van der Waals surface area contributed by atoms with E-state index >= 15 is 0 Å². The summed E-state index contributed by atoms with van der Waals surface area (Å²) in [6.07, 6.45) is 22.4. The Hall–Kier alpha value is -4.34. The van der Waals surface area contributed by atoms with Crippen LogP contribution in [-0.4, -0.2) is 63.2 Å². The molecule has 0 heterocycles. The molecular formula is C63H92N2O7. The first-order chi connectivity index (χ1) is 34.8. The van der Waals surface area contributed by atoms with Crippen LogP contribution in [0.5, 0.6) is 11.5 Å². The number of alkyl carbamates (subject to hydrolysis) is 1. The normalized spacial score (nSPS) is 25.6. The summed E-state index contributed by atoms with van der Waals surface area (Å²) in [6, 6.07) is 26.2. The van der Waals surface area contributed by atoms with E-state index in [-0.39, 0.29) is 23.5 Å². The number of ether oxygens (including phenoxy) is 4. The lowest BCUT2D eigenvalue weighted by Crippen LogP contribution is -2.51. The Morgan fingerprint density at radius 1 is 0.694 bits per heavy atom. The van der Waals surface area contributed by atoms with Crippen molar-refractivity contribution in [3.63, 3.8) is 0 Å². The van der Waals surface area contributed by atoms with Crippen molar-refractivity contribution >= 4 is 12.0 Å². The van der Waals surface area contributed by atoms with E-state index < -0.39 is 11.7 Å². The number of carbonyl (C=O) groups excluding carboxylic acids is 2. The Balaban J connectivity index is 0.743. The van der Waals surface area contributed by atoms with Crippen LogP contribution in [0.2, 0.25) is 0 Å². The van der Waals surface area contributed by atoms with Gasteiger partial charge in [0.1, 0.15) is 23.2 Å². The molecule has 2 amide bonds. The van der Waals surface area contributed by atoms with E-state index in [0.29, 0.717) is 44.4 Å². The van der Waals surface area contributed by atoms with E-state index in [4.69, 9.17) is 18.9 Å². The molecule has 9 heteroatoms. The first-order valence-corrected chi connectivity index (χ1v) is 28.4. The topological polar surface area (TPSA) is 115 Å². The molecular weight excluding hydrogens is 897 g/mol. The molecule has 3 N–H and O–H groups in total. The van der Waals surface area contributed by atoms with Crippen molar-refractivity contribution in [1.29, 1.82) is 0 Å². The van der Waals surface area contributed by atoms with Crippen LogP contribution in [0.3, 0.4) is 0 Å². The fourth-order valence-electron chi connectivity index (χ4n) is 14.3. The molecule has 72 heavy (non-hydrogen) atoms. The van der Waals surface area contributed by atoms with Crippen LogP contribution in [0.4, 0.5) is 4.79 Å². The van der Waals surface area contributed by atoms with E-state index in [1.165, 1.54) is 51.4 Å². The van der Waals surface area contributed by atoms with Gasteiger partial charge in [0, 0.05) is 25.9 Å². The van der Waals surface area contributed by atoms with Crippen molar-refractivity contribution < 1.29 is 33.6 Å². The standard InChI is InChI=1S/C63H92N2O7/c1-45(2)18-17-19-46(3)56-34-35-57-55-33-28-50-44-54(36-39-61(50,4)58(55)37-40-62(56,57)5)72-60(68)65-42-16-10-14-23-59(67)64-41-15-9-13-22-51(66)38-43-71-63(47-20-11-8-12-21-47,48-24-29-52(69-6)30-25-48)49-26-31-53(70-7)32-27-49/h8,11-12,20-21,24-32,45-46,51,54-58,66H,9-10,13-19,22-23,33-44H2,1-7H3,(H,64,67)(H,65,68)/t46-,51?,54+,55+,56-,57+,58+,61+,62-/m1/s1. The molecule has 7 rings (SSSR count). The number of amides is 2. The van der Waals surface area contributed by atoms with Gasteiger partial charge in [-0.1, -0.05) is 139 Å². The maximum atomic E-state index is 12.9. The number of hydrogen-bond acceptors (Lipinski definition) is 7. The Morgan fingerprint density at radius 3 is 2.01 bits per heavy atom. The summed E-state index contributed by atoms with van der Waals surface area (Å²) in [4.78, 5) is 25.5. The second-order valence-electron chi connectivity index (χ2n) is 23.3. The highest BCUT2D eigenvalue weighted by atomic mass is 16.6. The fraction of sp³-hybridized carbons (Fsp3) is 0.651. The van der Waals surface area contributed by atoms with Crippen molar-refractivity contribution in [2.24, 2.45) is 46.3 Å². The third-order valence-electron chi connectivity index (χ3n) is 18.4. The van der Waals surface area contributed by atoms with Gasteiger partial charge in [-0.05, 0) is 164 Å². The van der Waals surface area contributed by atoms with Gasteiger partial charge in [0.05, 0.1) is 26.9 Å². The quantitative estimate of drug-likeness (QED) is 0.0396. The minimum absolute atomic E-state index is 0.0468. The van der Waals surface area contributed by atoms with Crippen LogP contribution in [0, 0.1) is 46.3 Å². The largest absolute Gasteiger partial charge is 0.497 e. The zero-order valence-corrected chi connectivity index (χ0v) is 45.4. The monoisotopic (exact) mass is 989 g/mol. The summed E-state index contributed by atoms with van der Waals surface area (Å²) in [7, 11) is 3.32. The first-order valence-electron chi connectivity index (χ1n) is 28.4. The van der Waals surface area contributed by atoms with Gasteiger partial charge in [0.2, 0.25) is 5.91 Å². The summed E-state index contributed by atoms with van der Waals surface area (Å²) in [5.41, 5.74) is 4.29. The molecule has 0 bridgehead atoms. The van der Waals surface area contributed by atoms with Gasteiger partial charge in [0.15, 0.2) is 0 Å². The van der Waals surface area contributed by atoms with Crippen molar-refractivity contribution in [2.45, 2.75) is 181 Å². The van der Waals surface area contributed by atoms with Gasteiger partial charge < -0.3 is 34.7 Å². The number of methoxy groups -OCH3 is 2. The lowest BCUT2D eigenvalue weighted by molar-refractivity contribution is -0.121. The Bertz CT molecular complexity index is 2110. The maximum absolute atomic E-state index is 12.9. The summed E-state index contributed by atoms with van der Waals surface area (Å²) in [5.74, 6) is 6.54. The number of hydrogen-bond donors (Lipinski definition) is 3. The van der Waals surface area contributed by atoms with E-state index in [9.17, 15) is 14.7 Å². The molecule has 396 valence electrons. The molecule has 3 fully saturated rings. The molecule has 4 aliphatic rings. The molecule has 3 aromatic rings. The van der Waals surface area contributed by atoms with E-state index in [2.05, 4.69) is 63.5 Å². The second-order valence-corrected chi connectivity index (χ2v) is 23.3. The van der Waals surface area contributed by atoms with E-state index in [0.717, 1.165) is 121 Å².